The van der Waals surface area contributed by atoms with Gasteiger partial charge in [0.05, 0.1) is 24.0 Å². The van der Waals surface area contributed by atoms with E-state index < -0.39 is 23.6 Å². The van der Waals surface area contributed by atoms with Crippen LogP contribution in [-0.4, -0.2) is 49.4 Å². The molecule has 0 spiro atoms. The first kappa shape index (κ1) is 22.2. The second-order valence-electron chi connectivity index (χ2n) is 8.47. The van der Waals surface area contributed by atoms with Gasteiger partial charge in [0.25, 0.3) is 5.91 Å². The number of fused-ring (bicyclic) bond motifs is 3. The molecule has 1 N–H and O–H groups in total. The smallest absolute Gasteiger partial charge is 0.364 e. The fraction of sp³-hybridized carbons (Fsp3) is 0.348. The molecule has 3 aliphatic rings. The number of alkyl halides is 3. The summed E-state index contributed by atoms with van der Waals surface area (Å²) < 4.78 is 53.3. The van der Waals surface area contributed by atoms with Gasteiger partial charge in [0.1, 0.15) is 11.6 Å². The molecule has 1 aliphatic carbocycles. The SMILES string of the molecule is O=C(c1c(F)cccc1-c1ncccn1)N1C[C@@H]2CC[C@H]1[C@H](Nc1cnc(C(F)(F)F)cn1)C2. The fourth-order valence-electron chi connectivity index (χ4n) is 4.83. The van der Waals surface area contributed by atoms with E-state index in [4.69, 9.17) is 0 Å². The molecule has 7 nitrogen and oxygen atoms in total. The van der Waals surface area contributed by atoms with E-state index in [1.807, 2.05) is 0 Å². The highest BCUT2D eigenvalue weighted by Gasteiger charge is 2.44. The number of nitrogens with zero attached hydrogens (tertiary/aromatic N) is 5. The number of aromatic nitrogens is 4. The largest absolute Gasteiger partial charge is 0.434 e. The molecule has 2 bridgehead atoms. The predicted molar refractivity (Wildman–Crippen MR) is 114 cm³/mol. The summed E-state index contributed by atoms with van der Waals surface area (Å²) in [5.41, 5.74) is -0.852. The lowest BCUT2D eigenvalue weighted by Crippen LogP contribution is -2.60. The zero-order chi connectivity index (χ0) is 23.9. The summed E-state index contributed by atoms with van der Waals surface area (Å²) in [4.78, 5) is 30.9. The van der Waals surface area contributed by atoms with Crippen molar-refractivity contribution in [2.24, 2.45) is 5.92 Å². The molecular weight excluding hydrogens is 452 g/mol. The molecule has 2 aliphatic heterocycles. The zero-order valence-corrected chi connectivity index (χ0v) is 17.8. The number of amides is 1. The molecule has 1 aromatic carbocycles. The topological polar surface area (TPSA) is 83.9 Å². The van der Waals surface area contributed by atoms with Crippen LogP contribution in [0.4, 0.5) is 23.4 Å². The van der Waals surface area contributed by atoms with Crippen molar-refractivity contribution in [2.75, 3.05) is 11.9 Å². The lowest BCUT2D eigenvalue weighted by Gasteiger charge is -2.50. The number of piperidine rings is 2. The maximum Gasteiger partial charge on any atom is 0.434 e. The van der Waals surface area contributed by atoms with Crippen LogP contribution in [0.2, 0.25) is 0 Å². The quantitative estimate of drug-likeness (QED) is 0.573. The van der Waals surface area contributed by atoms with Crippen LogP contribution in [0, 0.1) is 11.7 Å². The Bertz CT molecular complexity index is 1190. The number of halogens is 4. The maximum atomic E-state index is 14.9. The minimum Gasteiger partial charge on any atom is -0.364 e. The van der Waals surface area contributed by atoms with E-state index in [9.17, 15) is 22.4 Å². The van der Waals surface area contributed by atoms with Crippen molar-refractivity contribution in [3.63, 3.8) is 0 Å². The van der Waals surface area contributed by atoms with Crippen LogP contribution < -0.4 is 5.32 Å². The molecule has 1 amide bonds. The second-order valence-corrected chi connectivity index (χ2v) is 8.47. The van der Waals surface area contributed by atoms with Gasteiger partial charge in [-0.3, -0.25) is 4.79 Å². The number of nitrogens with one attached hydrogen (secondary N) is 1. The highest BCUT2D eigenvalue weighted by Crippen LogP contribution is 2.38. The Hall–Kier alpha value is -3.63. The van der Waals surface area contributed by atoms with Gasteiger partial charge in [0.2, 0.25) is 0 Å². The molecule has 34 heavy (non-hydrogen) atoms. The minimum atomic E-state index is -4.57. The van der Waals surface area contributed by atoms with Crippen LogP contribution in [-0.2, 0) is 6.18 Å². The molecule has 1 saturated carbocycles. The first-order chi connectivity index (χ1) is 16.3. The van der Waals surface area contributed by atoms with Crippen LogP contribution in [0.25, 0.3) is 11.4 Å². The van der Waals surface area contributed by atoms with Crippen LogP contribution in [0.5, 0.6) is 0 Å². The summed E-state index contributed by atoms with van der Waals surface area (Å²) in [6.07, 6.45) is 2.52. The van der Waals surface area contributed by atoms with Crippen LogP contribution in [0.3, 0.4) is 0 Å². The van der Waals surface area contributed by atoms with E-state index in [0.29, 0.717) is 24.7 Å². The van der Waals surface area contributed by atoms with Crippen LogP contribution >= 0.6 is 0 Å². The van der Waals surface area contributed by atoms with Crippen molar-refractivity contribution in [1.29, 1.82) is 0 Å². The lowest BCUT2D eigenvalue weighted by atomic mass is 9.76. The first-order valence-corrected chi connectivity index (χ1v) is 10.8. The van der Waals surface area contributed by atoms with E-state index in [-0.39, 0.29) is 35.2 Å². The van der Waals surface area contributed by atoms with Gasteiger partial charge in [-0.25, -0.2) is 24.3 Å². The molecular formula is C23H20F4N6O. The molecule has 3 aromatic rings. The highest BCUT2D eigenvalue weighted by molar-refractivity contribution is 6.00. The number of benzene rings is 1. The van der Waals surface area contributed by atoms with Crippen molar-refractivity contribution in [3.05, 3.63) is 66.1 Å². The fourth-order valence-corrected chi connectivity index (χ4v) is 4.83. The summed E-state index contributed by atoms with van der Waals surface area (Å²) in [6, 6.07) is 5.47. The van der Waals surface area contributed by atoms with Crippen molar-refractivity contribution in [2.45, 2.75) is 37.5 Å². The third kappa shape index (κ3) is 4.17. The zero-order valence-electron chi connectivity index (χ0n) is 17.8. The number of hydrogen-bond acceptors (Lipinski definition) is 6. The van der Waals surface area contributed by atoms with E-state index >= 15 is 0 Å². The highest BCUT2D eigenvalue weighted by atomic mass is 19.4. The van der Waals surface area contributed by atoms with E-state index in [2.05, 4.69) is 25.3 Å². The second kappa shape index (κ2) is 8.62. The Labute approximate surface area is 192 Å². The summed E-state index contributed by atoms with van der Waals surface area (Å²) in [6.45, 7) is 0.476. The molecule has 11 heteroatoms. The molecule has 176 valence electrons. The molecule has 4 heterocycles. The Morgan fingerprint density at radius 3 is 2.50 bits per heavy atom. The predicted octanol–water partition coefficient (Wildman–Crippen LogP) is 4.20. The molecule has 6 rings (SSSR count). The summed E-state index contributed by atoms with van der Waals surface area (Å²) in [5, 5.41) is 3.13. The third-order valence-corrected chi connectivity index (χ3v) is 6.35. The monoisotopic (exact) mass is 472 g/mol. The Morgan fingerprint density at radius 2 is 1.82 bits per heavy atom. The van der Waals surface area contributed by atoms with Gasteiger partial charge in [-0.1, -0.05) is 12.1 Å². The molecule has 2 saturated heterocycles. The van der Waals surface area contributed by atoms with E-state index in [1.54, 1.807) is 17.0 Å². The van der Waals surface area contributed by atoms with E-state index in [0.717, 1.165) is 19.0 Å². The molecule has 3 fully saturated rings. The number of carbonyl (C=O) groups excluding carboxylic acids is 1. The van der Waals surface area contributed by atoms with Gasteiger partial charge in [0, 0.05) is 30.5 Å². The van der Waals surface area contributed by atoms with Crippen LogP contribution in [0.15, 0.2) is 49.1 Å². The maximum absolute atomic E-state index is 14.9. The van der Waals surface area contributed by atoms with E-state index in [1.165, 1.54) is 24.5 Å². The summed E-state index contributed by atoms with van der Waals surface area (Å²) in [5.74, 6) is -0.490. The number of rotatable bonds is 4. The Kier molecular flexibility index (Phi) is 5.62. The number of anilines is 1. The summed E-state index contributed by atoms with van der Waals surface area (Å²) >= 11 is 0. The van der Waals surface area contributed by atoms with Gasteiger partial charge in [-0.15, -0.1) is 0 Å². The standard InChI is InChI=1S/C23H20F4N6O/c24-15-4-1-3-14(21-28-7-2-8-29-21)20(15)22(34)33-12-13-5-6-17(33)16(9-13)32-19-11-30-18(10-31-19)23(25,26)27/h1-4,7-8,10-11,13,16-17H,5-6,9,12H2,(H,31,32)/t13-,16-,17+/m1/s1. The molecule has 2 aromatic heterocycles. The first-order valence-electron chi connectivity index (χ1n) is 10.8. The Morgan fingerprint density at radius 1 is 1.03 bits per heavy atom. The van der Waals surface area contributed by atoms with Gasteiger partial charge >= 0.3 is 6.18 Å². The number of hydrogen-bond donors (Lipinski definition) is 1. The number of carbonyl (C=O) groups is 1. The molecule has 0 unspecified atom stereocenters. The average Bonchev–Trinajstić information content (AvgIpc) is 2.84. The van der Waals surface area contributed by atoms with Crippen molar-refractivity contribution in [1.82, 2.24) is 24.8 Å². The van der Waals surface area contributed by atoms with Gasteiger partial charge in [0.15, 0.2) is 11.5 Å². The minimum absolute atomic E-state index is 0.0886. The van der Waals surface area contributed by atoms with Crippen molar-refractivity contribution in [3.8, 4) is 11.4 Å². The lowest BCUT2D eigenvalue weighted by molar-refractivity contribution is -0.141. The Balaban J connectivity index is 1.41. The normalized spacial score (nSPS) is 22.0. The molecule has 0 radical (unpaired) electrons. The van der Waals surface area contributed by atoms with Crippen molar-refractivity contribution >= 4 is 11.7 Å². The van der Waals surface area contributed by atoms with Crippen LogP contribution in [0.1, 0.15) is 35.3 Å². The van der Waals surface area contributed by atoms with Gasteiger partial charge in [-0.2, -0.15) is 13.2 Å². The summed E-state index contributed by atoms with van der Waals surface area (Å²) in [7, 11) is 0. The van der Waals surface area contributed by atoms with Gasteiger partial charge < -0.3 is 10.2 Å². The molecule has 3 atom stereocenters. The average molecular weight is 472 g/mol. The van der Waals surface area contributed by atoms with Crippen molar-refractivity contribution < 1.29 is 22.4 Å². The third-order valence-electron chi connectivity index (χ3n) is 6.35. The van der Waals surface area contributed by atoms with Gasteiger partial charge in [-0.05, 0) is 37.3 Å².